The van der Waals surface area contributed by atoms with Crippen LogP contribution in [0.3, 0.4) is 0 Å². The maximum absolute atomic E-state index is 13.2. The van der Waals surface area contributed by atoms with E-state index < -0.39 is 27.9 Å². The third-order valence-electron chi connectivity index (χ3n) is 4.79. The van der Waals surface area contributed by atoms with Gasteiger partial charge in [0.05, 0.1) is 29.3 Å². The van der Waals surface area contributed by atoms with Gasteiger partial charge < -0.3 is 11.1 Å². The molecule has 2 heterocycles. The van der Waals surface area contributed by atoms with Crippen molar-refractivity contribution in [2.24, 2.45) is 0 Å². The van der Waals surface area contributed by atoms with Gasteiger partial charge in [-0.25, -0.2) is 13.4 Å². The molecule has 2 fully saturated rings. The van der Waals surface area contributed by atoms with E-state index in [0.29, 0.717) is 18.5 Å². The fraction of sp³-hybridized carbons (Fsp3) is 0.562. The minimum Gasteiger partial charge on any atom is -0.373 e. The predicted molar refractivity (Wildman–Crippen MR) is 96.3 cm³/mol. The molecule has 0 saturated heterocycles. The highest BCUT2D eigenvalue weighted by Gasteiger charge is 2.40. The lowest BCUT2D eigenvalue weighted by Gasteiger charge is -2.15. The summed E-state index contributed by atoms with van der Waals surface area (Å²) in [4.78, 5) is 7.90. The molecule has 0 atom stereocenters. The predicted octanol–water partition coefficient (Wildman–Crippen LogP) is 2.29. The lowest BCUT2D eigenvalue weighted by Crippen LogP contribution is -2.18. The van der Waals surface area contributed by atoms with Crippen molar-refractivity contribution >= 4 is 21.8 Å². The zero-order valence-corrected chi connectivity index (χ0v) is 15.8. The largest absolute Gasteiger partial charge is 0.393 e. The molecule has 0 radical (unpaired) electrons. The summed E-state index contributed by atoms with van der Waals surface area (Å²) in [7, 11) is -2.22. The van der Waals surface area contributed by atoms with Crippen LogP contribution in [0.15, 0.2) is 6.20 Å². The van der Waals surface area contributed by atoms with E-state index in [4.69, 9.17) is 5.73 Å². The quantitative estimate of drug-likeness (QED) is 0.742. The van der Waals surface area contributed by atoms with Crippen molar-refractivity contribution in [1.82, 2.24) is 19.2 Å². The topological polar surface area (TPSA) is 116 Å². The van der Waals surface area contributed by atoms with Gasteiger partial charge in [-0.3, -0.25) is 0 Å². The van der Waals surface area contributed by atoms with Crippen molar-refractivity contribution in [1.29, 1.82) is 0 Å². The Morgan fingerprint density at radius 1 is 1.25 bits per heavy atom. The summed E-state index contributed by atoms with van der Waals surface area (Å²) in [5.74, 6) is -0.247. The zero-order valence-electron chi connectivity index (χ0n) is 15.0. The summed E-state index contributed by atoms with van der Waals surface area (Å²) in [6.45, 7) is 0. The molecule has 8 nitrogen and oxygen atoms in total. The SMILES string of the molecule is CNc1nc(N)nc(-c2cn(S(=O)(=O)C3CC3)nc2C2CC2)c1CC(F)(F)F. The van der Waals surface area contributed by atoms with Crippen molar-refractivity contribution in [3.05, 3.63) is 17.5 Å². The van der Waals surface area contributed by atoms with E-state index >= 15 is 0 Å². The molecule has 2 aromatic heterocycles. The number of nitrogens with two attached hydrogens (primary N) is 1. The minimum absolute atomic E-state index is 0.00128. The molecule has 0 unspecified atom stereocenters. The van der Waals surface area contributed by atoms with Gasteiger partial charge in [-0.05, 0) is 25.7 Å². The molecule has 28 heavy (non-hydrogen) atoms. The molecule has 12 heteroatoms. The third-order valence-corrected chi connectivity index (χ3v) is 6.81. The van der Waals surface area contributed by atoms with E-state index in [2.05, 4.69) is 20.4 Å². The minimum atomic E-state index is -4.50. The molecule has 2 saturated carbocycles. The molecule has 3 N–H and O–H groups in total. The van der Waals surface area contributed by atoms with Crippen molar-refractivity contribution in [2.45, 2.75) is 49.4 Å². The van der Waals surface area contributed by atoms with Crippen LogP contribution in [0, 0.1) is 0 Å². The van der Waals surface area contributed by atoms with E-state index in [9.17, 15) is 21.6 Å². The number of nitrogens with one attached hydrogen (secondary N) is 1. The number of rotatable bonds is 6. The summed E-state index contributed by atoms with van der Waals surface area (Å²) in [5.41, 5.74) is 6.19. The maximum atomic E-state index is 13.2. The van der Waals surface area contributed by atoms with Crippen LogP contribution in [0.5, 0.6) is 0 Å². The molecule has 2 aromatic rings. The fourth-order valence-electron chi connectivity index (χ4n) is 3.15. The van der Waals surface area contributed by atoms with E-state index in [-0.39, 0.29) is 34.5 Å². The van der Waals surface area contributed by atoms with Crippen molar-refractivity contribution in [3.8, 4) is 11.3 Å². The Kier molecular flexibility index (Phi) is 4.28. The number of nitrogen functional groups attached to an aromatic ring is 1. The third kappa shape index (κ3) is 3.52. The fourth-order valence-corrected chi connectivity index (χ4v) is 4.65. The summed E-state index contributed by atoms with van der Waals surface area (Å²) in [6.07, 6.45) is -1.81. The second kappa shape index (κ2) is 6.33. The van der Waals surface area contributed by atoms with Crippen LogP contribution < -0.4 is 11.1 Å². The number of hydrogen-bond donors (Lipinski definition) is 2. The highest BCUT2D eigenvalue weighted by atomic mass is 32.2. The lowest BCUT2D eigenvalue weighted by atomic mass is 10.0. The number of hydrogen-bond acceptors (Lipinski definition) is 7. The molecule has 0 aliphatic heterocycles. The van der Waals surface area contributed by atoms with Gasteiger partial charge in [-0.2, -0.15) is 27.3 Å². The molecule has 0 spiro atoms. The van der Waals surface area contributed by atoms with Crippen LogP contribution >= 0.6 is 0 Å². The van der Waals surface area contributed by atoms with Crippen LogP contribution in [0.2, 0.25) is 0 Å². The average molecular weight is 416 g/mol. The Morgan fingerprint density at radius 2 is 1.93 bits per heavy atom. The first kappa shape index (κ1) is 19.0. The number of halogens is 3. The van der Waals surface area contributed by atoms with Crippen molar-refractivity contribution < 1.29 is 21.6 Å². The molecule has 0 aromatic carbocycles. The van der Waals surface area contributed by atoms with Gasteiger partial charge in [0.1, 0.15) is 5.82 Å². The maximum Gasteiger partial charge on any atom is 0.393 e. The number of aromatic nitrogens is 4. The second-order valence-electron chi connectivity index (χ2n) is 7.12. The van der Waals surface area contributed by atoms with E-state index in [1.807, 2.05) is 0 Å². The van der Waals surface area contributed by atoms with Gasteiger partial charge in [0.25, 0.3) is 10.0 Å². The number of nitrogens with zero attached hydrogens (tertiary/aromatic N) is 4. The van der Waals surface area contributed by atoms with E-state index in [1.54, 1.807) is 0 Å². The average Bonchev–Trinajstić information content (AvgIpc) is 3.51. The smallest absolute Gasteiger partial charge is 0.373 e. The first-order valence-corrected chi connectivity index (χ1v) is 10.4. The molecule has 152 valence electrons. The molecular formula is C16H19F3N6O2S. The van der Waals surface area contributed by atoms with Crippen LogP contribution in [0.4, 0.5) is 24.9 Å². The first-order valence-electron chi connectivity index (χ1n) is 8.85. The van der Waals surface area contributed by atoms with Gasteiger partial charge in [-0.1, -0.05) is 0 Å². The molecule has 4 rings (SSSR count). The van der Waals surface area contributed by atoms with Gasteiger partial charge in [0.2, 0.25) is 5.95 Å². The van der Waals surface area contributed by atoms with Gasteiger partial charge >= 0.3 is 6.18 Å². The molecule has 2 aliphatic rings. The standard InChI is InChI=1S/C16H19F3N6O2S/c1-21-14-10(6-16(17,18)19)13(22-15(20)23-14)11-7-25(24-12(11)8-2-3-8)28(26,27)9-4-5-9/h7-9H,2-6H2,1H3,(H3,20,21,22,23). The van der Waals surface area contributed by atoms with Crippen LogP contribution in [-0.2, 0) is 16.4 Å². The zero-order chi connectivity index (χ0) is 20.3. The molecule has 0 bridgehead atoms. The van der Waals surface area contributed by atoms with Crippen molar-refractivity contribution in [3.63, 3.8) is 0 Å². The van der Waals surface area contributed by atoms with Gasteiger partial charge in [0, 0.05) is 24.1 Å². The highest BCUT2D eigenvalue weighted by molar-refractivity contribution is 7.90. The van der Waals surface area contributed by atoms with E-state index in [1.165, 1.54) is 13.2 Å². The summed E-state index contributed by atoms with van der Waals surface area (Å²) >= 11 is 0. The highest BCUT2D eigenvalue weighted by Crippen LogP contribution is 2.45. The lowest BCUT2D eigenvalue weighted by molar-refractivity contribution is -0.127. The monoisotopic (exact) mass is 416 g/mol. The molecule has 0 amide bonds. The van der Waals surface area contributed by atoms with Crippen LogP contribution in [-0.4, -0.2) is 46.0 Å². The molecular weight excluding hydrogens is 397 g/mol. The Balaban J connectivity index is 1.91. The Morgan fingerprint density at radius 3 is 2.46 bits per heavy atom. The molecule has 2 aliphatic carbocycles. The van der Waals surface area contributed by atoms with Crippen molar-refractivity contribution in [2.75, 3.05) is 18.1 Å². The van der Waals surface area contributed by atoms with E-state index in [0.717, 1.165) is 16.9 Å². The summed E-state index contributed by atoms with van der Waals surface area (Å²) < 4.78 is 65.7. The second-order valence-corrected chi connectivity index (χ2v) is 9.19. The normalized spacial score (nSPS) is 17.7. The Labute approximate surface area is 159 Å². The Hall–Kier alpha value is -2.37. The number of anilines is 2. The van der Waals surface area contributed by atoms with Gasteiger partial charge in [-0.15, -0.1) is 0 Å². The van der Waals surface area contributed by atoms with Crippen LogP contribution in [0.1, 0.15) is 42.9 Å². The summed E-state index contributed by atoms with van der Waals surface area (Å²) in [5, 5.41) is 6.36. The summed E-state index contributed by atoms with van der Waals surface area (Å²) in [6, 6.07) is 0. The van der Waals surface area contributed by atoms with Gasteiger partial charge in [0.15, 0.2) is 0 Å². The Bertz CT molecular complexity index is 1030. The number of alkyl halides is 3. The van der Waals surface area contributed by atoms with Crippen LogP contribution in [0.25, 0.3) is 11.3 Å². The first-order chi connectivity index (χ1) is 13.1.